The van der Waals surface area contributed by atoms with Gasteiger partial charge in [0.15, 0.2) is 0 Å². The Balaban J connectivity index is 1.74. The van der Waals surface area contributed by atoms with Gasteiger partial charge in [-0.15, -0.1) is 0 Å². The van der Waals surface area contributed by atoms with E-state index in [1.807, 2.05) is 0 Å². The Bertz CT molecular complexity index is 1130. The molecule has 152 valence electrons. The fraction of sp³-hybridized carbons (Fsp3) is 0.150. The van der Waals surface area contributed by atoms with E-state index in [1.165, 1.54) is 18.4 Å². The lowest BCUT2D eigenvalue weighted by Gasteiger charge is -2.11. The van der Waals surface area contributed by atoms with Crippen LogP contribution in [-0.4, -0.2) is 14.3 Å². The van der Waals surface area contributed by atoms with Crippen LogP contribution in [0, 0.1) is 6.92 Å². The fourth-order valence-corrected chi connectivity index (χ4v) is 4.11. The summed E-state index contributed by atoms with van der Waals surface area (Å²) in [6.45, 7) is 1.93. The van der Waals surface area contributed by atoms with Gasteiger partial charge >= 0.3 is 0 Å². The second kappa shape index (κ2) is 9.00. The van der Waals surface area contributed by atoms with E-state index in [0.717, 1.165) is 0 Å². The molecule has 0 unspecified atom stereocenters. The van der Waals surface area contributed by atoms with E-state index >= 15 is 0 Å². The Morgan fingerprint density at radius 3 is 2.55 bits per heavy atom. The lowest BCUT2D eigenvalue weighted by Crippen LogP contribution is -2.26. The number of hydrogen-bond donors (Lipinski definition) is 2. The van der Waals surface area contributed by atoms with Crippen molar-refractivity contribution in [1.82, 2.24) is 10.0 Å². The largest absolute Gasteiger partial charge is 0.468 e. The first-order valence-electron chi connectivity index (χ1n) is 8.61. The molecule has 0 bridgehead atoms. The Kier molecular flexibility index (Phi) is 6.64. The summed E-state index contributed by atoms with van der Waals surface area (Å²) in [5.41, 5.74) is 1.61. The number of aryl methyl sites for hydroxylation is 1. The maximum atomic E-state index is 12.6. The van der Waals surface area contributed by atoms with E-state index in [-0.39, 0.29) is 23.5 Å². The molecule has 1 aromatic heterocycles. The van der Waals surface area contributed by atoms with Crippen molar-refractivity contribution in [3.63, 3.8) is 0 Å². The van der Waals surface area contributed by atoms with E-state index in [2.05, 4.69) is 10.0 Å². The molecule has 0 spiro atoms. The van der Waals surface area contributed by atoms with Gasteiger partial charge in [0.1, 0.15) is 5.76 Å². The highest BCUT2D eigenvalue weighted by molar-refractivity contribution is 7.89. The number of amides is 1. The minimum absolute atomic E-state index is 0.00988. The summed E-state index contributed by atoms with van der Waals surface area (Å²) in [6.07, 6.45) is 1.46. The maximum absolute atomic E-state index is 12.6. The van der Waals surface area contributed by atoms with Crippen LogP contribution in [0.5, 0.6) is 0 Å². The maximum Gasteiger partial charge on any atom is 0.251 e. The van der Waals surface area contributed by atoms with Crippen molar-refractivity contribution >= 4 is 39.1 Å². The molecule has 2 aromatic carbocycles. The Morgan fingerprint density at radius 1 is 1.07 bits per heavy atom. The van der Waals surface area contributed by atoms with E-state index < -0.39 is 15.9 Å². The fourth-order valence-electron chi connectivity index (χ4n) is 2.61. The number of rotatable bonds is 7. The van der Waals surface area contributed by atoms with Gasteiger partial charge in [-0.05, 0) is 54.4 Å². The quantitative estimate of drug-likeness (QED) is 0.558. The van der Waals surface area contributed by atoms with Gasteiger partial charge in [-0.25, -0.2) is 13.1 Å². The van der Waals surface area contributed by atoms with Crippen LogP contribution in [0.15, 0.2) is 64.1 Å². The molecule has 2 N–H and O–H groups in total. The topological polar surface area (TPSA) is 88.4 Å². The van der Waals surface area contributed by atoms with Crippen molar-refractivity contribution in [3.8, 4) is 0 Å². The monoisotopic (exact) mass is 452 g/mol. The van der Waals surface area contributed by atoms with Crippen LogP contribution in [-0.2, 0) is 23.1 Å². The average molecular weight is 453 g/mol. The van der Waals surface area contributed by atoms with Crippen LogP contribution in [0.2, 0.25) is 10.0 Å². The second-order valence-corrected chi connectivity index (χ2v) is 8.91. The molecule has 9 heteroatoms. The molecule has 0 fully saturated rings. The predicted octanol–water partition coefficient (Wildman–Crippen LogP) is 4.30. The van der Waals surface area contributed by atoms with Crippen LogP contribution in [0.3, 0.4) is 0 Å². The zero-order chi connectivity index (χ0) is 21.0. The van der Waals surface area contributed by atoms with Gasteiger partial charge in [-0.1, -0.05) is 35.3 Å². The third-order valence-electron chi connectivity index (χ3n) is 4.23. The van der Waals surface area contributed by atoms with Gasteiger partial charge in [0.2, 0.25) is 10.0 Å². The zero-order valence-electron chi connectivity index (χ0n) is 15.4. The minimum atomic E-state index is -3.81. The Hall–Kier alpha value is -2.32. The summed E-state index contributed by atoms with van der Waals surface area (Å²) in [5.74, 6) is 0.0788. The van der Waals surface area contributed by atoms with Crippen molar-refractivity contribution in [2.75, 3.05) is 0 Å². The third-order valence-corrected chi connectivity index (χ3v) is 6.22. The Morgan fingerprint density at radius 2 is 1.86 bits per heavy atom. The van der Waals surface area contributed by atoms with E-state index in [1.54, 1.807) is 43.3 Å². The minimum Gasteiger partial charge on any atom is -0.468 e. The molecule has 0 saturated heterocycles. The molecule has 1 amide bonds. The van der Waals surface area contributed by atoms with Crippen LogP contribution < -0.4 is 10.0 Å². The molecule has 1 heterocycles. The molecule has 29 heavy (non-hydrogen) atoms. The molecule has 0 aliphatic heterocycles. The lowest BCUT2D eigenvalue weighted by molar-refractivity contribution is 0.0950. The van der Waals surface area contributed by atoms with Gasteiger partial charge in [-0.3, -0.25) is 4.79 Å². The third kappa shape index (κ3) is 5.39. The molecule has 0 aliphatic carbocycles. The molecule has 6 nitrogen and oxygen atoms in total. The molecular formula is C20H18Cl2N2O4S. The predicted molar refractivity (Wildman–Crippen MR) is 112 cm³/mol. The summed E-state index contributed by atoms with van der Waals surface area (Å²) in [6, 6.07) is 12.7. The zero-order valence-corrected chi connectivity index (χ0v) is 17.7. The number of benzene rings is 2. The van der Waals surface area contributed by atoms with Gasteiger partial charge in [0.05, 0.1) is 17.7 Å². The van der Waals surface area contributed by atoms with E-state index in [9.17, 15) is 13.2 Å². The van der Waals surface area contributed by atoms with Crippen molar-refractivity contribution in [3.05, 3.63) is 87.3 Å². The molecule has 0 radical (unpaired) electrons. The van der Waals surface area contributed by atoms with Crippen molar-refractivity contribution in [1.29, 1.82) is 0 Å². The summed E-state index contributed by atoms with van der Waals surface area (Å²) < 4.78 is 32.7. The van der Waals surface area contributed by atoms with Crippen molar-refractivity contribution in [2.24, 2.45) is 0 Å². The first kappa shape index (κ1) is 21.4. The summed E-state index contributed by atoms with van der Waals surface area (Å²) in [4.78, 5) is 12.6. The normalized spacial score (nSPS) is 11.4. The number of carbonyl (C=O) groups is 1. The van der Waals surface area contributed by atoms with E-state index in [4.69, 9.17) is 27.6 Å². The average Bonchev–Trinajstić information content (AvgIpc) is 3.19. The lowest BCUT2D eigenvalue weighted by atomic mass is 10.1. The molecule has 0 atom stereocenters. The summed E-state index contributed by atoms with van der Waals surface area (Å²) >= 11 is 12.0. The summed E-state index contributed by atoms with van der Waals surface area (Å²) in [5, 5.41) is 3.69. The van der Waals surface area contributed by atoms with Gasteiger partial charge in [0, 0.05) is 22.2 Å². The number of nitrogens with one attached hydrogen (secondary N) is 2. The number of carbonyl (C=O) groups excluding carboxylic acids is 1. The first-order chi connectivity index (χ1) is 13.8. The molecule has 3 aromatic rings. The van der Waals surface area contributed by atoms with Gasteiger partial charge in [0.25, 0.3) is 5.91 Å². The van der Waals surface area contributed by atoms with Gasteiger partial charge in [-0.2, -0.15) is 0 Å². The number of halogens is 2. The SMILES string of the molecule is Cc1ccc(S(=O)(=O)NCc2ccco2)cc1C(=O)NCc1ccc(Cl)cc1Cl. The summed E-state index contributed by atoms with van der Waals surface area (Å²) in [7, 11) is -3.81. The molecule has 0 saturated carbocycles. The number of sulfonamides is 1. The van der Waals surface area contributed by atoms with Crippen LogP contribution in [0.1, 0.15) is 27.2 Å². The smallest absolute Gasteiger partial charge is 0.251 e. The Labute approximate surface area is 178 Å². The van der Waals surface area contributed by atoms with Crippen molar-refractivity contribution < 1.29 is 17.6 Å². The van der Waals surface area contributed by atoms with Crippen LogP contribution in [0.4, 0.5) is 0 Å². The molecule has 0 aliphatic rings. The van der Waals surface area contributed by atoms with Crippen LogP contribution >= 0.6 is 23.2 Å². The first-order valence-corrected chi connectivity index (χ1v) is 10.8. The number of hydrogen-bond acceptors (Lipinski definition) is 4. The van der Waals surface area contributed by atoms with Gasteiger partial charge < -0.3 is 9.73 Å². The highest BCUT2D eigenvalue weighted by Gasteiger charge is 2.18. The van der Waals surface area contributed by atoms with Crippen LogP contribution in [0.25, 0.3) is 0 Å². The highest BCUT2D eigenvalue weighted by atomic mass is 35.5. The standard InChI is InChI=1S/C20H18Cl2N2O4S/c1-13-4-7-17(29(26,27)24-12-16-3-2-8-28-16)10-18(13)20(25)23-11-14-5-6-15(21)9-19(14)22/h2-10,24H,11-12H2,1H3,(H,23,25). The molecular weight excluding hydrogens is 435 g/mol. The number of furan rings is 1. The van der Waals surface area contributed by atoms with Crippen molar-refractivity contribution in [2.45, 2.75) is 24.9 Å². The highest BCUT2D eigenvalue weighted by Crippen LogP contribution is 2.21. The molecule has 3 rings (SSSR count). The second-order valence-electron chi connectivity index (χ2n) is 6.30. The van der Waals surface area contributed by atoms with E-state index in [0.29, 0.717) is 26.9 Å².